The molecule has 0 aromatic heterocycles. The Labute approximate surface area is 68.2 Å². The van der Waals surface area contributed by atoms with Crippen LogP contribution >= 0.6 is 0 Å². The van der Waals surface area contributed by atoms with E-state index in [4.69, 9.17) is 0 Å². The lowest BCUT2D eigenvalue weighted by Gasteiger charge is -2.27. The molecule has 2 saturated carbocycles. The Kier molecular flexibility index (Phi) is 1.55. The minimum absolute atomic E-state index is 0.469. The fraction of sp³-hybridized carbons (Fsp3) is 0.900. The normalized spacial score (nSPS) is 44.1. The van der Waals surface area contributed by atoms with Gasteiger partial charge in [0, 0.05) is 12.8 Å². The van der Waals surface area contributed by atoms with E-state index >= 15 is 0 Å². The van der Waals surface area contributed by atoms with Gasteiger partial charge < -0.3 is 0 Å². The molecule has 1 nitrogen and oxygen atoms in total. The van der Waals surface area contributed by atoms with Gasteiger partial charge in [0.1, 0.15) is 5.78 Å². The zero-order valence-electron chi connectivity index (χ0n) is 7.23. The molecule has 1 spiro atoms. The number of rotatable bonds is 0. The first kappa shape index (κ1) is 7.33. The van der Waals surface area contributed by atoms with E-state index in [-0.39, 0.29) is 0 Å². The summed E-state index contributed by atoms with van der Waals surface area (Å²) in [5.74, 6) is 1.33. The maximum Gasteiger partial charge on any atom is 0.133 e. The largest absolute Gasteiger partial charge is 0.300 e. The Balaban J connectivity index is 2.16. The molecule has 0 saturated heterocycles. The summed E-state index contributed by atoms with van der Waals surface area (Å²) in [5, 5.41) is 0. The molecule has 62 valence electrons. The quantitative estimate of drug-likeness (QED) is 0.521. The average Bonchev–Trinajstić information content (AvgIpc) is 2.46. The second-order valence-corrected chi connectivity index (χ2v) is 4.37. The van der Waals surface area contributed by atoms with E-state index in [1.807, 2.05) is 0 Å². The second kappa shape index (κ2) is 2.33. The Morgan fingerprint density at radius 2 is 2.27 bits per heavy atom. The molecule has 2 atom stereocenters. The third-order valence-corrected chi connectivity index (χ3v) is 3.81. The van der Waals surface area contributed by atoms with Crippen LogP contribution < -0.4 is 0 Å². The number of carbonyl (C=O) groups is 1. The monoisotopic (exact) mass is 152 g/mol. The van der Waals surface area contributed by atoms with Gasteiger partial charge in [-0.3, -0.25) is 4.79 Å². The number of carbonyl (C=O) groups excluding carboxylic acids is 1. The molecule has 11 heavy (non-hydrogen) atoms. The Morgan fingerprint density at radius 1 is 1.45 bits per heavy atom. The van der Waals surface area contributed by atoms with Crippen LogP contribution in [0.2, 0.25) is 0 Å². The molecule has 0 unspecified atom stereocenters. The van der Waals surface area contributed by atoms with Crippen molar-refractivity contribution in [1.29, 1.82) is 0 Å². The molecule has 0 radical (unpaired) electrons. The van der Waals surface area contributed by atoms with Crippen LogP contribution in [0.4, 0.5) is 0 Å². The molecule has 0 N–H and O–H groups in total. The second-order valence-electron chi connectivity index (χ2n) is 4.37. The van der Waals surface area contributed by atoms with E-state index in [0.717, 1.165) is 18.8 Å². The molecule has 2 aliphatic rings. The van der Waals surface area contributed by atoms with Gasteiger partial charge in [-0.1, -0.05) is 19.8 Å². The van der Waals surface area contributed by atoms with Crippen LogP contribution in [0.15, 0.2) is 0 Å². The molecule has 2 rings (SSSR count). The zero-order chi connectivity index (χ0) is 7.90. The summed E-state index contributed by atoms with van der Waals surface area (Å²) in [4.78, 5) is 11.1. The highest BCUT2D eigenvalue weighted by molar-refractivity contribution is 5.81. The molecule has 0 aromatic carbocycles. The van der Waals surface area contributed by atoms with Crippen molar-refractivity contribution in [1.82, 2.24) is 0 Å². The minimum atomic E-state index is 0.469. The fourth-order valence-corrected chi connectivity index (χ4v) is 2.90. The summed E-state index contributed by atoms with van der Waals surface area (Å²) in [6.07, 6.45) is 6.98. The summed E-state index contributed by atoms with van der Waals surface area (Å²) in [6.45, 7) is 2.33. The third kappa shape index (κ3) is 1.02. The Bertz CT molecular complexity index is 185. The molecule has 2 aliphatic carbocycles. The first-order valence-electron chi connectivity index (χ1n) is 4.75. The predicted molar refractivity (Wildman–Crippen MR) is 44.3 cm³/mol. The average molecular weight is 152 g/mol. The molecule has 2 fully saturated rings. The van der Waals surface area contributed by atoms with Crippen LogP contribution in [0.25, 0.3) is 0 Å². The van der Waals surface area contributed by atoms with Crippen molar-refractivity contribution in [3.05, 3.63) is 0 Å². The van der Waals surface area contributed by atoms with Crippen LogP contribution in [0.3, 0.4) is 0 Å². The lowest BCUT2D eigenvalue weighted by atomic mass is 9.77. The van der Waals surface area contributed by atoms with Crippen molar-refractivity contribution in [2.24, 2.45) is 11.3 Å². The van der Waals surface area contributed by atoms with E-state index in [9.17, 15) is 4.79 Å². The van der Waals surface area contributed by atoms with Crippen molar-refractivity contribution in [2.75, 3.05) is 0 Å². The number of Topliss-reactive ketones (excluding diaryl/α,β-unsaturated/α-hetero) is 1. The van der Waals surface area contributed by atoms with Gasteiger partial charge in [-0.05, 0) is 24.2 Å². The molecule has 0 aromatic rings. The van der Waals surface area contributed by atoms with E-state index in [1.165, 1.54) is 25.7 Å². The highest BCUT2D eigenvalue weighted by atomic mass is 16.1. The minimum Gasteiger partial charge on any atom is -0.300 e. The first-order chi connectivity index (χ1) is 5.23. The highest BCUT2D eigenvalue weighted by Gasteiger charge is 2.45. The summed E-state index contributed by atoms with van der Waals surface area (Å²) >= 11 is 0. The predicted octanol–water partition coefficient (Wildman–Crippen LogP) is 2.55. The number of hydrogen-bond donors (Lipinski definition) is 0. The van der Waals surface area contributed by atoms with Gasteiger partial charge in [0.2, 0.25) is 0 Å². The number of hydrogen-bond acceptors (Lipinski definition) is 1. The van der Waals surface area contributed by atoms with Crippen LogP contribution in [-0.4, -0.2) is 5.78 Å². The van der Waals surface area contributed by atoms with Crippen LogP contribution in [0, 0.1) is 11.3 Å². The van der Waals surface area contributed by atoms with Gasteiger partial charge >= 0.3 is 0 Å². The first-order valence-corrected chi connectivity index (χ1v) is 4.75. The summed E-state index contributed by atoms with van der Waals surface area (Å²) in [6, 6.07) is 0. The van der Waals surface area contributed by atoms with Crippen molar-refractivity contribution >= 4 is 5.78 Å². The van der Waals surface area contributed by atoms with Gasteiger partial charge in [-0.15, -0.1) is 0 Å². The molecule has 0 heterocycles. The number of ketones is 1. The van der Waals surface area contributed by atoms with Gasteiger partial charge in [0.05, 0.1) is 0 Å². The summed E-state index contributed by atoms with van der Waals surface area (Å²) in [5.41, 5.74) is 0.469. The smallest absolute Gasteiger partial charge is 0.133 e. The van der Waals surface area contributed by atoms with E-state index in [2.05, 4.69) is 6.92 Å². The molecule has 0 bridgehead atoms. The van der Waals surface area contributed by atoms with E-state index in [0.29, 0.717) is 11.2 Å². The summed E-state index contributed by atoms with van der Waals surface area (Å²) in [7, 11) is 0. The van der Waals surface area contributed by atoms with Crippen molar-refractivity contribution in [3.8, 4) is 0 Å². The van der Waals surface area contributed by atoms with Gasteiger partial charge in [-0.2, -0.15) is 0 Å². The maximum absolute atomic E-state index is 11.1. The van der Waals surface area contributed by atoms with Crippen LogP contribution in [0.1, 0.15) is 45.4 Å². The Hall–Kier alpha value is -0.330. The summed E-state index contributed by atoms with van der Waals surface area (Å²) < 4.78 is 0. The maximum atomic E-state index is 11.1. The molecular weight excluding hydrogens is 136 g/mol. The van der Waals surface area contributed by atoms with Crippen molar-refractivity contribution in [3.63, 3.8) is 0 Å². The van der Waals surface area contributed by atoms with Gasteiger partial charge in [0.25, 0.3) is 0 Å². The van der Waals surface area contributed by atoms with Crippen molar-refractivity contribution < 1.29 is 4.79 Å². The highest BCUT2D eigenvalue weighted by Crippen LogP contribution is 2.52. The topological polar surface area (TPSA) is 17.1 Å². The van der Waals surface area contributed by atoms with Crippen LogP contribution in [-0.2, 0) is 4.79 Å². The SMILES string of the molecule is C[C@@H]1CCC[C@@]12CCC(=O)C2. The van der Waals surface area contributed by atoms with Crippen molar-refractivity contribution in [2.45, 2.75) is 45.4 Å². The zero-order valence-corrected chi connectivity index (χ0v) is 7.23. The molecular formula is C10H16O. The lowest BCUT2D eigenvalue weighted by Crippen LogP contribution is -2.19. The molecule has 0 aliphatic heterocycles. The third-order valence-electron chi connectivity index (χ3n) is 3.81. The van der Waals surface area contributed by atoms with E-state index in [1.54, 1.807) is 0 Å². The molecule has 0 amide bonds. The lowest BCUT2D eigenvalue weighted by molar-refractivity contribution is -0.118. The van der Waals surface area contributed by atoms with Gasteiger partial charge in [-0.25, -0.2) is 0 Å². The van der Waals surface area contributed by atoms with Gasteiger partial charge in [0.15, 0.2) is 0 Å². The fourth-order valence-electron chi connectivity index (χ4n) is 2.90. The van der Waals surface area contributed by atoms with Crippen LogP contribution in [0.5, 0.6) is 0 Å². The standard InChI is InChI=1S/C10H16O/c1-8-3-2-5-10(8)6-4-9(11)7-10/h8H,2-7H2,1H3/t8-,10+/m1/s1. The Morgan fingerprint density at radius 3 is 2.73 bits per heavy atom. The van der Waals surface area contributed by atoms with E-state index < -0.39 is 0 Å². The molecule has 1 heteroatoms.